The first-order chi connectivity index (χ1) is 33.3. The summed E-state index contributed by atoms with van der Waals surface area (Å²) in [5.74, 6) is -2.45. The van der Waals surface area contributed by atoms with Crippen LogP contribution in [0.5, 0.6) is 5.75 Å². The molecule has 0 saturated carbocycles. The van der Waals surface area contributed by atoms with Crippen molar-refractivity contribution in [3.8, 4) is 16.2 Å². The summed E-state index contributed by atoms with van der Waals surface area (Å²) < 4.78 is 58.8. The third kappa shape index (κ3) is 13.0. The molecule has 1 saturated heterocycles. The van der Waals surface area contributed by atoms with E-state index in [1.54, 1.807) is 11.3 Å². The second-order valence-electron chi connectivity index (χ2n) is 20.6. The number of aryl methyl sites for hydroxylation is 1. The fourth-order valence-electron chi connectivity index (χ4n) is 9.68. The van der Waals surface area contributed by atoms with E-state index in [1.165, 1.54) is 30.9 Å². The highest BCUT2D eigenvalue weighted by atomic mass is 32.1. The van der Waals surface area contributed by atoms with Gasteiger partial charge in [-0.05, 0) is 88.0 Å². The number of carbonyl (C=O) groups excluding carboxylic acids is 3. The highest BCUT2D eigenvalue weighted by molar-refractivity contribution is 7.13. The van der Waals surface area contributed by atoms with Crippen molar-refractivity contribution in [1.82, 2.24) is 30.4 Å². The second kappa shape index (κ2) is 22.9. The number of hydrogen-bond donors (Lipinski definition) is 4. The van der Waals surface area contributed by atoms with Gasteiger partial charge in [0, 0.05) is 86.0 Å². The maximum atomic E-state index is 16.0. The molecule has 0 aliphatic carbocycles. The second-order valence-corrected chi connectivity index (χ2v) is 21.5. The third-order valence-electron chi connectivity index (χ3n) is 13.3. The number of halogens is 3. The summed E-state index contributed by atoms with van der Waals surface area (Å²) in [5.41, 5.74) is 4.86. The highest BCUT2D eigenvalue weighted by Crippen LogP contribution is 2.44. The zero-order valence-corrected chi connectivity index (χ0v) is 42.3. The Kier molecular flexibility index (Phi) is 17.1. The number of aromatic amines is 1. The summed E-state index contributed by atoms with van der Waals surface area (Å²) in [6.45, 7) is 13.9. The van der Waals surface area contributed by atoms with Crippen molar-refractivity contribution in [1.29, 1.82) is 0 Å². The summed E-state index contributed by atoms with van der Waals surface area (Å²) in [5, 5.41) is 17.4. The van der Waals surface area contributed by atoms with Crippen molar-refractivity contribution in [2.45, 2.75) is 142 Å². The van der Waals surface area contributed by atoms with Gasteiger partial charge in [0.2, 0.25) is 17.7 Å². The number of β-amino-alcohol motifs (C(OH)–C–C–N with tert-alkyl or cyclic N) is 1. The molecule has 4 N–H and O–H groups in total. The minimum absolute atomic E-state index is 0.000620. The summed E-state index contributed by atoms with van der Waals surface area (Å²) >= 11 is 1.57. The maximum absolute atomic E-state index is 16.0. The van der Waals surface area contributed by atoms with Gasteiger partial charge in [0.25, 0.3) is 0 Å². The van der Waals surface area contributed by atoms with Crippen LogP contribution in [0.15, 0.2) is 66.2 Å². The van der Waals surface area contributed by atoms with E-state index in [1.807, 2.05) is 93.6 Å². The number of fused-ring (bicyclic) bond motifs is 3. The minimum atomic E-state index is -1.59. The third-order valence-corrected chi connectivity index (χ3v) is 14.2. The maximum Gasteiger partial charge on any atom is 0.246 e. The molecule has 3 amide bonds. The van der Waals surface area contributed by atoms with Crippen molar-refractivity contribution in [2.75, 3.05) is 32.9 Å². The Labute approximate surface area is 413 Å². The van der Waals surface area contributed by atoms with Gasteiger partial charge in [-0.3, -0.25) is 19.3 Å². The number of nitrogens with zero attached hydrogens (tertiary/aromatic N) is 3. The molecule has 1 unspecified atom stereocenters. The topological polar surface area (TPSA) is 149 Å². The molecular weight excluding hydrogens is 918 g/mol. The lowest BCUT2D eigenvalue weighted by atomic mass is 9.85. The van der Waals surface area contributed by atoms with Gasteiger partial charge in [-0.25, -0.2) is 18.2 Å². The molecular formula is C54H69F3N6O6S. The van der Waals surface area contributed by atoms with Crippen molar-refractivity contribution in [2.24, 2.45) is 5.41 Å². The molecule has 2 aromatic heterocycles. The van der Waals surface area contributed by atoms with Crippen LogP contribution in [-0.2, 0) is 32.1 Å². The molecule has 4 heterocycles. The summed E-state index contributed by atoms with van der Waals surface area (Å²) in [4.78, 5) is 52.7. The van der Waals surface area contributed by atoms with Gasteiger partial charge >= 0.3 is 0 Å². The number of nitrogens with one attached hydrogen (secondary N) is 3. The lowest BCUT2D eigenvalue weighted by Gasteiger charge is -2.43. The van der Waals surface area contributed by atoms with E-state index in [2.05, 4.69) is 20.6 Å². The van der Waals surface area contributed by atoms with Crippen LogP contribution >= 0.6 is 11.3 Å². The smallest absolute Gasteiger partial charge is 0.246 e. The van der Waals surface area contributed by atoms with Crippen molar-refractivity contribution >= 4 is 40.0 Å². The van der Waals surface area contributed by atoms with Gasteiger partial charge in [-0.15, -0.1) is 11.3 Å². The molecule has 2 aliphatic rings. The van der Waals surface area contributed by atoms with Crippen LogP contribution in [0.1, 0.15) is 121 Å². The predicted molar refractivity (Wildman–Crippen MR) is 267 cm³/mol. The molecule has 7 rings (SSSR count). The normalized spacial score (nSPS) is 19.0. The number of ether oxygens (including phenoxy) is 2. The van der Waals surface area contributed by atoms with Crippen LogP contribution in [0.4, 0.5) is 13.2 Å². The number of H-pyrrole nitrogens is 1. The fourth-order valence-corrected chi connectivity index (χ4v) is 10.5. The Balaban J connectivity index is 0.808. The molecule has 3 aromatic carbocycles. The van der Waals surface area contributed by atoms with Crippen molar-refractivity contribution < 1.29 is 42.1 Å². The van der Waals surface area contributed by atoms with E-state index in [0.717, 1.165) is 51.0 Å². The number of rotatable bonds is 21. The molecule has 0 bridgehead atoms. The van der Waals surface area contributed by atoms with Gasteiger partial charge in [0.05, 0.1) is 34.8 Å². The zero-order chi connectivity index (χ0) is 50.3. The lowest BCUT2D eigenvalue weighted by molar-refractivity contribution is -0.144. The van der Waals surface area contributed by atoms with Gasteiger partial charge in [-0.2, -0.15) is 0 Å². The molecule has 1 fully saturated rings. The Morgan fingerprint density at radius 1 is 0.957 bits per heavy atom. The first kappa shape index (κ1) is 52.5. The largest absolute Gasteiger partial charge is 0.493 e. The van der Waals surface area contributed by atoms with Gasteiger partial charge in [-0.1, -0.05) is 69.7 Å². The summed E-state index contributed by atoms with van der Waals surface area (Å²) in [6, 6.07) is 15.3. The van der Waals surface area contributed by atoms with Crippen LogP contribution in [0.2, 0.25) is 0 Å². The zero-order valence-electron chi connectivity index (χ0n) is 41.5. The highest BCUT2D eigenvalue weighted by Gasteiger charge is 2.45. The Morgan fingerprint density at radius 2 is 1.64 bits per heavy atom. The monoisotopic (exact) mass is 986 g/mol. The van der Waals surface area contributed by atoms with Crippen LogP contribution in [-0.4, -0.2) is 105 Å². The van der Waals surface area contributed by atoms with E-state index in [-0.39, 0.29) is 68.3 Å². The molecule has 0 spiro atoms. The first-order valence-corrected chi connectivity index (χ1v) is 25.5. The first-order valence-electron chi connectivity index (χ1n) is 24.6. The van der Waals surface area contributed by atoms with Crippen LogP contribution in [0, 0.1) is 24.0 Å². The van der Waals surface area contributed by atoms with Crippen LogP contribution in [0.25, 0.3) is 21.3 Å². The number of aliphatic hydroxyl groups excluding tert-OH is 1. The molecule has 378 valence electrons. The van der Waals surface area contributed by atoms with Gasteiger partial charge in [0.15, 0.2) is 0 Å². The number of alkyl halides is 1. The number of carbonyl (C=O) groups is 3. The van der Waals surface area contributed by atoms with E-state index in [0.29, 0.717) is 44.6 Å². The summed E-state index contributed by atoms with van der Waals surface area (Å²) in [7, 11) is 0. The summed E-state index contributed by atoms with van der Waals surface area (Å²) in [6.07, 6.45) is 3.40. The minimum Gasteiger partial charge on any atom is -0.493 e. The van der Waals surface area contributed by atoms with Crippen LogP contribution < -0.4 is 15.4 Å². The van der Waals surface area contributed by atoms with E-state index >= 15 is 13.2 Å². The number of unbranched alkanes of at least 4 members (excludes halogenated alkanes) is 3. The number of para-hydroxylation sites is 1. The molecule has 0 radical (unpaired) electrons. The van der Waals surface area contributed by atoms with Crippen LogP contribution in [0.3, 0.4) is 0 Å². The predicted octanol–water partition coefficient (Wildman–Crippen LogP) is 9.51. The number of hydrogen-bond acceptors (Lipinski definition) is 9. The van der Waals surface area contributed by atoms with E-state index < -0.39 is 52.9 Å². The molecule has 5 atom stereocenters. The fraction of sp³-hybridized carbons (Fsp3) is 0.519. The Morgan fingerprint density at radius 3 is 2.31 bits per heavy atom. The quantitative estimate of drug-likeness (QED) is 0.0532. The number of amides is 3. The lowest BCUT2D eigenvalue weighted by Crippen LogP contribution is -2.57. The Bertz CT molecular complexity index is 2570. The Hall–Kier alpha value is -5.29. The SMILES string of the molecule is Cc1ncsc1-c1ccc(CNC(=O)[C@@H]2C[C@@H](O)CN2C(=O)C(NC(=O)CCCCCOCCCCOc2cc(F)c([C@@H]3c4[nH]c5ccccc5c4C[C@@H](C)N3CC(C)(C)F)c(F)c2)C(C)(C)C)cc1. The molecule has 16 heteroatoms. The molecule has 5 aromatic rings. The standard InChI is InChI=1S/C54H69F3N6O6S/c1-33-25-40-39-15-10-11-16-43(39)60-47(40)48(63(33)31-54(6,7)57)46-41(55)27-38(28-42(46)56)69-24-14-13-23-68-22-12-8-9-17-45(65)61-50(53(3,4)5)52(67)62-30-37(64)26-44(62)51(66)58-29-35-18-20-36(21-19-35)49-34(2)59-32-70-49/h10-11,15-16,18-21,27-28,32-33,37,44,48,50,60,64H,8-9,12-14,17,22-26,29-31H2,1-7H3,(H,58,66)(H,61,65)/t33-,37-,44+,48-,50?/m1/s1. The number of likely N-dealkylation sites (tertiary alicyclic amines) is 1. The number of aromatic nitrogens is 2. The molecule has 2 aliphatic heterocycles. The van der Waals surface area contributed by atoms with E-state index in [9.17, 15) is 19.5 Å². The molecule has 70 heavy (non-hydrogen) atoms. The van der Waals surface area contributed by atoms with Gasteiger partial charge in [0.1, 0.15) is 35.1 Å². The van der Waals surface area contributed by atoms with E-state index in [4.69, 9.17) is 9.47 Å². The number of aliphatic hydroxyl groups is 1. The number of thiazole rings is 1. The average molecular weight is 987 g/mol. The molecule has 12 nitrogen and oxygen atoms in total. The van der Waals surface area contributed by atoms with Gasteiger partial charge < -0.3 is 35.1 Å². The number of benzene rings is 3. The average Bonchev–Trinajstić information content (AvgIpc) is 4.02. The van der Waals surface area contributed by atoms with Crippen molar-refractivity contribution in [3.63, 3.8) is 0 Å². The van der Waals surface area contributed by atoms with Crippen molar-refractivity contribution in [3.05, 3.63) is 106 Å².